The van der Waals surface area contributed by atoms with Crippen molar-refractivity contribution >= 4 is 17.9 Å². The molecule has 0 saturated heterocycles. The number of aromatic carboxylic acids is 2. The molecule has 2 rings (SSSR count). The first kappa shape index (κ1) is 19.0. The van der Waals surface area contributed by atoms with Gasteiger partial charge in [0.25, 0.3) is 0 Å². The van der Waals surface area contributed by atoms with Crippen molar-refractivity contribution in [2.24, 2.45) is 5.73 Å². The van der Waals surface area contributed by atoms with Crippen molar-refractivity contribution in [3.8, 4) is 11.8 Å². The van der Waals surface area contributed by atoms with Gasteiger partial charge in [0.05, 0.1) is 5.56 Å². The molecule has 1 heterocycles. The largest absolute Gasteiger partial charge is 0.478 e. The van der Waals surface area contributed by atoms with Crippen LogP contribution in [0.25, 0.3) is 0 Å². The van der Waals surface area contributed by atoms with Crippen LogP contribution in [0.4, 0.5) is 5.95 Å². The van der Waals surface area contributed by atoms with Crippen molar-refractivity contribution < 1.29 is 24.5 Å². The van der Waals surface area contributed by atoms with Gasteiger partial charge in [0, 0.05) is 26.2 Å². The number of carboxylic acid groups (broad SMARTS) is 2. The van der Waals surface area contributed by atoms with Crippen LogP contribution in [-0.2, 0) is 0 Å². The van der Waals surface area contributed by atoms with E-state index in [0.29, 0.717) is 26.2 Å². The average Bonchev–Trinajstić information content (AvgIpc) is 2.62. The number of nitrogens with two attached hydrogens (primary N) is 1. The first-order chi connectivity index (χ1) is 12.5. The minimum Gasteiger partial charge on any atom is -0.478 e. The Labute approximate surface area is 148 Å². The zero-order chi connectivity index (χ0) is 18.9. The summed E-state index contributed by atoms with van der Waals surface area (Å²) in [5.41, 5.74) is 4.88. The molecule has 0 bridgehead atoms. The Morgan fingerprint density at radius 2 is 1.92 bits per heavy atom. The zero-order valence-electron chi connectivity index (χ0n) is 13.7. The number of anilines is 1. The van der Waals surface area contributed by atoms with Gasteiger partial charge < -0.3 is 31.3 Å². The molecule has 0 aliphatic carbocycles. The molecule has 6 N–H and O–H groups in total. The van der Waals surface area contributed by atoms with Gasteiger partial charge in [-0.1, -0.05) is 0 Å². The van der Waals surface area contributed by atoms with Gasteiger partial charge in [-0.05, 0) is 18.2 Å². The summed E-state index contributed by atoms with van der Waals surface area (Å²) >= 11 is 0. The molecule has 0 saturated carbocycles. The maximum absolute atomic E-state index is 11.3. The summed E-state index contributed by atoms with van der Waals surface area (Å²) in [5.74, 6) is -2.40. The van der Waals surface area contributed by atoms with Crippen LogP contribution in [0.15, 0.2) is 24.5 Å². The van der Waals surface area contributed by atoms with Crippen LogP contribution < -0.4 is 21.1 Å². The topological polar surface area (TPSA) is 173 Å². The average molecular weight is 362 g/mol. The normalized spacial score (nSPS) is 10.3. The van der Waals surface area contributed by atoms with Gasteiger partial charge in [0.2, 0.25) is 5.95 Å². The molecule has 26 heavy (non-hydrogen) atoms. The molecule has 0 unspecified atom stereocenters. The van der Waals surface area contributed by atoms with Crippen LogP contribution in [0.2, 0.25) is 0 Å². The highest BCUT2D eigenvalue weighted by atomic mass is 16.5. The highest BCUT2D eigenvalue weighted by molar-refractivity contribution is 5.95. The third kappa shape index (κ3) is 5.36. The number of carboxylic acids is 2. The molecule has 138 valence electrons. The maximum atomic E-state index is 11.3. The number of hydrogen-bond acceptors (Lipinski definition) is 9. The standard InChI is InChI=1S/C15H18N6O5/c16-3-4-17-5-6-18-14-19-8-20-15(21-14)26-11-2-1-9(12(22)23)7-10(11)13(24)25/h1-2,7-8,17H,3-6,16H2,(H,22,23)(H,24,25)(H,18,19,20,21). The first-order valence-corrected chi connectivity index (χ1v) is 7.63. The summed E-state index contributed by atoms with van der Waals surface area (Å²) in [4.78, 5) is 34.1. The second kappa shape index (κ2) is 9.25. The van der Waals surface area contributed by atoms with Gasteiger partial charge in [-0.2, -0.15) is 9.97 Å². The van der Waals surface area contributed by atoms with E-state index in [2.05, 4.69) is 25.6 Å². The highest BCUT2D eigenvalue weighted by Gasteiger charge is 2.16. The lowest BCUT2D eigenvalue weighted by atomic mass is 10.1. The van der Waals surface area contributed by atoms with Crippen molar-refractivity contribution in [2.45, 2.75) is 0 Å². The van der Waals surface area contributed by atoms with E-state index in [0.717, 1.165) is 6.07 Å². The van der Waals surface area contributed by atoms with Crippen LogP contribution in [0.3, 0.4) is 0 Å². The lowest BCUT2D eigenvalue weighted by molar-refractivity contribution is 0.0693. The highest BCUT2D eigenvalue weighted by Crippen LogP contribution is 2.24. The van der Waals surface area contributed by atoms with E-state index >= 15 is 0 Å². The number of benzene rings is 1. The van der Waals surface area contributed by atoms with Crippen LogP contribution in [0, 0.1) is 0 Å². The summed E-state index contributed by atoms with van der Waals surface area (Å²) in [6.45, 7) is 2.42. The van der Waals surface area contributed by atoms with Crippen LogP contribution in [-0.4, -0.2) is 63.3 Å². The van der Waals surface area contributed by atoms with Gasteiger partial charge in [-0.25, -0.2) is 14.6 Å². The van der Waals surface area contributed by atoms with Gasteiger partial charge in [0.1, 0.15) is 17.6 Å². The molecule has 0 aliphatic rings. The molecule has 2 aromatic rings. The van der Waals surface area contributed by atoms with Crippen molar-refractivity contribution in [1.82, 2.24) is 20.3 Å². The lowest BCUT2D eigenvalue weighted by Gasteiger charge is -2.09. The van der Waals surface area contributed by atoms with E-state index in [9.17, 15) is 14.7 Å². The molecule has 0 aliphatic heterocycles. The molecule has 1 aromatic carbocycles. The van der Waals surface area contributed by atoms with Gasteiger partial charge in [-0.3, -0.25) is 0 Å². The van der Waals surface area contributed by atoms with Crippen molar-refractivity contribution in [3.63, 3.8) is 0 Å². The molecule has 11 heteroatoms. The molecule has 0 atom stereocenters. The van der Waals surface area contributed by atoms with Gasteiger partial charge in [-0.15, -0.1) is 0 Å². The Kier molecular flexibility index (Phi) is 6.76. The minimum atomic E-state index is -1.33. The second-order valence-electron chi connectivity index (χ2n) is 4.98. The Balaban J connectivity index is 2.09. The number of carbonyl (C=O) groups is 2. The van der Waals surface area contributed by atoms with Gasteiger partial charge in [0.15, 0.2) is 0 Å². The Hall–Kier alpha value is -3.31. The summed E-state index contributed by atoms with van der Waals surface area (Å²) < 4.78 is 5.38. The first-order valence-electron chi connectivity index (χ1n) is 7.63. The smallest absolute Gasteiger partial charge is 0.339 e. The van der Waals surface area contributed by atoms with Crippen LogP contribution >= 0.6 is 0 Å². The van der Waals surface area contributed by atoms with Crippen LogP contribution in [0.1, 0.15) is 20.7 Å². The number of ether oxygens (including phenoxy) is 1. The summed E-state index contributed by atoms with van der Waals surface area (Å²) in [6.07, 6.45) is 1.21. The number of aromatic nitrogens is 3. The molecule has 0 amide bonds. The summed E-state index contributed by atoms with van der Waals surface area (Å²) in [7, 11) is 0. The molecule has 11 nitrogen and oxygen atoms in total. The SMILES string of the molecule is NCCNCCNc1ncnc(Oc2ccc(C(=O)O)cc2C(=O)O)n1. The number of rotatable bonds is 10. The van der Waals surface area contributed by atoms with Crippen molar-refractivity contribution in [3.05, 3.63) is 35.7 Å². The lowest BCUT2D eigenvalue weighted by Crippen LogP contribution is -2.27. The van der Waals surface area contributed by atoms with E-state index in [1.165, 1.54) is 18.5 Å². The molecule has 0 radical (unpaired) electrons. The van der Waals surface area contributed by atoms with Gasteiger partial charge >= 0.3 is 17.9 Å². The predicted molar refractivity (Wildman–Crippen MR) is 90.7 cm³/mol. The zero-order valence-corrected chi connectivity index (χ0v) is 13.7. The molecule has 0 fully saturated rings. The monoisotopic (exact) mass is 362 g/mol. The molecule has 0 spiro atoms. The van der Waals surface area contributed by atoms with E-state index < -0.39 is 11.9 Å². The number of nitrogens with one attached hydrogen (secondary N) is 2. The second-order valence-corrected chi connectivity index (χ2v) is 4.98. The summed E-state index contributed by atoms with van der Waals surface area (Å²) in [5, 5.41) is 24.2. The molecular formula is C15H18N6O5. The predicted octanol–water partition coefficient (Wildman–Crippen LogP) is 0.0205. The third-order valence-corrected chi connectivity index (χ3v) is 3.11. The number of hydrogen-bond donors (Lipinski definition) is 5. The third-order valence-electron chi connectivity index (χ3n) is 3.11. The minimum absolute atomic E-state index is 0.0794. The Morgan fingerprint density at radius 1 is 1.12 bits per heavy atom. The van der Waals surface area contributed by atoms with Crippen molar-refractivity contribution in [1.29, 1.82) is 0 Å². The maximum Gasteiger partial charge on any atom is 0.339 e. The van der Waals surface area contributed by atoms with E-state index in [-0.39, 0.29) is 28.8 Å². The van der Waals surface area contributed by atoms with Crippen LogP contribution in [0.5, 0.6) is 11.8 Å². The Morgan fingerprint density at radius 3 is 2.62 bits per heavy atom. The van der Waals surface area contributed by atoms with Crippen molar-refractivity contribution in [2.75, 3.05) is 31.5 Å². The fourth-order valence-electron chi connectivity index (χ4n) is 1.92. The fourth-order valence-corrected chi connectivity index (χ4v) is 1.92. The fraction of sp³-hybridized carbons (Fsp3) is 0.267. The van der Waals surface area contributed by atoms with E-state index in [4.69, 9.17) is 15.6 Å². The van der Waals surface area contributed by atoms with E-state index in [1.807, 2.05) is 0 Å². The quantitative estimate of drug-likeness (QED) is 0.360. The number of nitrogens with zero attached hydrogens (tertiary/aromatic N) is 3. The summed E-state index contributed by atoms with van der Waals surface area (Å²) in [6, 6.07) is 3.35. The Bertz CT molecular complexity index is 785. The molecule has 1 aromatic heterocycles. The van der Waals surface area contributed by atoms with E-state index in [1.54, 1.807) is 0 Å². The molecular weight excluding hydrogens is 344 g/mol.